The molecule has 0 fully saturated rings. The van der Waals surface area contributed by atoms with Crippen molar-refractivity contribution in [3.05, 3.63) is 63.8 Å². The molecule has 4 rings (SSSR count). The van der Waals surface area contributed by atoms with Crippen LogP contribution in [0.3, 0.4) is 0 Å². The molecule has 1 heterocycles. The minimum Gasteiger partial charge on any atom is -0.406 e. The molecule has 1 aliphatic carbocycles. The highest BCUT2D eigenvalue weighted by atomic mass is 79.9. The lowest BCUT2D eigenvalue weighted by atomic mass is 9.91. The van der Waals surface area contributed by atoms with Crippen LogP contribution in [0, 0.1) is 0 Å². The number of nitrogens with one attached hydrogen (secondary N) is 2. The Morgan fingerprint density at radius 2 is 1.93 bits per heavy atom. The van der Waals surface area contributed by atoms with E-state index in [0.717, 1.165) is 41.4 Å². The van der Waals surface area contributed by atoms with Crippen LogP contribution in [-0.4, -0.2) is 11.3 Å². The third kappa shape index (κ3) is 4.14. The molecular weight excluding hydrogens is 421 g/mol. The summed E-state index contributed by atoms with van der Waals surface area (Å²) in [6.45, 7) is 0.731. The standard InChI is InChI=1S/C20H18BrF3N2O/c21-13-6-4-12(5-7-13)11-25-17-3-1-2-16-15-9-8-14(27-20(22,23)24)10-18(15)26-19(16)17/h4-10,17,25-26H,1-3,11H2/t17-/m0/s1. The summed E-state index contributed by atoms with van der Waals surface area (Å²) in [5.41, 5.74) is 4.11. The van der Waals surface area contributed by atoms with Gasteiger partial charge in [0.1, 0.15) is 5.75 Å². The molecule has 1 atom stereocenters. The lowest BCUT2D eigenvalue weighted by Gasteiger charge is -2.24. The van der Waals surface area contributed by atoms with E-state index in [0.29, 0.717) is 5.52 Å². The van der Waals surface area contributed by atoms with Crippen molar-refractivity contribution in [1.29, 1.82) is 0 Å². The highest BCUT2D eigenvalue weighted by Gasteiger charge is 2.31. The second kappa shape index (κ2) is 7.20. The maximum Gasteiger partial charge on any atom is 0.573 e. The number of fused-ring (bicyclic) bond motifs is 3. The smallest absolute Gasteiger partial charge is 0.406 e. The van der Waals surface area contributed by atoms with Gasteiger partial charge in [-0.25, -0.2) is 0 Å². The molecule has 1 aromatic heterocycles. The van der Waals surface area contributed by atoms with Crippen LogP contribution in [0.15, 0.2) is 46.9 Å². The molecule has 27 heavy (non-hydrogen) atoms. The topological polar surface area (TPSA) is 37.0 Å². The van der Waals surface area contributed by atoms with E-state index in [4.69, 9.17) is 0 Å². The van der Waals surface area contributed by atoms with Gasteiger partial charge in [-0.15, -0.1) is 13.2 Å². The number of ether oxygens (including phenoxy) is 1. The zero-order valence-electron chi connectivity index (χ0n) is 14.4. The molecule has 2 N–H and O–H groups in total. The molecule has 7 heteroatoms. The largest absolute Gasteiger partial charge is 0.573 e. The summed E-state index contributed by atoms with van der Waals surface area (Å²) in [4.78, 5) is 3.32. The predicted octanol–water partition coefficient (Wildman–Crippen LogP) is 6.00. The van der Waals surface area contributed by atoms with Gasteiger partial charge in [-0.2, -0.15) is 0 Å². The lowest BCUT2D eigenvalue weighted by molar-refractivity contribution is -0.274. The van der Waals surface area contributed by atoms with Gasteiger partial charge in [0.25, 0.3) is 0 Å². The summed E-state index contributed by atoms with van der Waals surface area (Å²) in [7, 11) is 0. The predicted molar refractivity (Wildman–Crippen MR) is 102 cm³/mol. The average molecular weight is 439 g/mol. The number of rotatable bonds is 4. The van der Waals surface area contributed by atoms with Crippen molar-refractivity contribution in [3.8, 4) is 5.75 Å². The first-order valence-corrected chi connectivity index (χ1v) is 9.56. The highest BCUT2D eigenvalue weighted by Crippen LogP contribution is 2.36. The van der Waals surface area contributed by atoms with Gasteiger partial charge in [0.15, 0.2) is 0 Å². The van der Waals surface area contributed by atoms with E-state index in [1.807, 2.05) is 12.1 Å². The maximum atomic E-state index is 12.5. The molecule has 0 bridgehead atoms. The first-order valence-electron chi connectivity index (χ1n) is 8.77. The number of H-pyrrole nitrogens is 1. The van der Waals surface area contributed by atoms with E-state index in [2.05, 4.69) is 43.1 Å². The fourth-order valence-corrected chi connectivity index (χ4v) is 3.96. The van der Waals surface area contributed by atoms with Crippen molar-refractivity contribution >= 4 is 26.8 Å². The zero-order valence-corrected chi connectivity index (χ0v) is 16.0. The van der Waals surface area contributed by atoms with E-state index in [-0.39, 0.29) is 11.8 Å². The van der Waals surface area contributed by atoms with Crippen molar-refractivity contribution in [1.82, 2.24) is 10.3 Å². The van der Waals surface area contributed by atoms with Gasteiger partial charge < -0.3 is 15.0 Å². The summed E-state index contributed by atoms with van der Waals surface area (Å²) in [5.74, 6) is -0.201. The number of alkyl halides is 3. The monoisotopic (exact) mass is 438 g/mol. The summed E-state index contributed by atoms with van der Waals surface area (Å²) in [5, 5.41) is 4.54. The Hall–Kier alpha value is -1.99. The number of hydrogen-bond acceptors (Lipinski definition) is 2. The minimum atomic E-state index is -4.69. The van der Waals surface area contributed by atoms with Gasteiger partial charge in [0.2, 0.25) is 0 Å². The van der Waals surface area contributed by atoms with E-state index in [1.54, 1.807) is 6.07 Å². The quantitative estimate of drug-likeness (QED) is 0.524. The first kappa shape index (κ1) is 18.4. The molecule has 0 aliphatic heterocycles. The van der Waals surface area contributed by atoms with E-state index in [1.165, 1.54) is 23.3 Å². The van der Waals surface area contributed by atoms with Crippen LogP contribution in [0.1, 0.15) is 35.7 Å². The number of halogens is 4. The molecule has 0 spiro atoms. The number of aromatic amines is 1. The van der Waals surface area contributed by atoms with Gasteiger partial charge in [-0.1, -0.05) is 28.1 Å². The normalized spacial score (nSPS) is 17.1. The van der Waals surface area contributed by atoms with Crippen LogP contribution in [0.2, 0.25) is 0 Å². The Bertz CT molecular complexity index is 950. The van der Waals surface area contributed by atoms with Crippen LogP contribution >= 0.6 is 15.9 Å². The number of benzene rings is 2. The van der Waals surface area contributed by atoms with Crippen molar-refractivity contribution in [2.24, 2.45) is 0 Å². The Morgan fingerprint density at radius 3 is 2.67 bits per heavy atom. The minimum absolute atomic E-state index is 0.150. The Kier molecular flexibility index (Phi) is 4.90. The van der Waals surface area contributed by atoms with Gasteiger partial charge in [0.05, 0.1) is 0 Å². The van der Waals surface area contributed by atoms with Crippen LogP contribution in [-0.2, 0) is 13.0 Å². The van der Waals surface area contributed by atoms with Crippen LogP contribution < -0.4 is 10.1 Å². The molecule has 0 saturated carbocycles. The van der Waals surface area contributed by atoms with Crippen molar-refractivity contribution in [3.63, 3.8) is 0 Å². The van der Waals surface area contributed by atoms with Crippen LogP contribution in [0.25, 0.3) is 10.9 Å². The van der Waals surface area contributed by atoms with Gasteiger partial charge >= 0.3 is 6.36 Å². The maximum absolute atomic E-state index is 12.5. The molecule has 0 radical (unpaired) electrons. The fraction of sp³-hybridized carbons (Fsp3) is 0.300. The molecule has 2 aromatic carbocycles. The molecule has 1 aliphatic rings. The molecular formula is C20H18BrF3N2O. The van der Waals surface area contributed by atoms with Crippen molar-refractivity contribution in [2.45, 2.75) is 38.2 Å². The summed E-state index contributed by atoms with van der Waals surface area (Å²) in [6, 6.07) is 12.8. The molecule has 3 nitrogen and oxygen atoms in total. The highest BCUT2D eigenvalue weighted by molar-refractivity contribution is 9.10. The van der Waals surface area contributed by atoms with Crippen LogP contribution in [0.4, 0.5) is 13.2 Å². The molecule has 0 amide bonds. The first-order chi connectivity index (χ1) is 12.9. The van der Waals surface area contributed by atoms with E-state index < -0.39 is 6.36 Å². The second-order valence-electron chi connectivity index (χ2n) is 6.72. The zero-order chi connectivity index (χ0) is 19.0. The summed E-state index contributed by atoms with van der Waals surface area (Å²) in [6.07, 6.45) is -1.74. The molecule has 3 aromatic rings. The summed E-state index contributed by atoms with van der Waals surface area (Å²) < 4.78 is 42.5. The Balaban J connectivity index is 1.57. The van der Waals surface area contributed by atoms with Gasteiger partial charge in [-0.3, -0.25) is 0 Å². The molecule has 0 unspecified atom stereocenters. The Labute approximate surface area is 163 Å². The van der Waals surface area contributed by atoms with Gasteiger partial charge in [-0.05, 0) is 54.7 Å². The molecule has 0 saturated heterocycles. The van der Waals surface area contributed by atoms with Crippen molar-refractivity contribution in [2.75, 3.05) is 0 Å². The average Bonchev–Trinajstić information content (AvgIpc) is 2.98. The van der Waals surface area contributed by atoms with Gasteiger partial charge in [0, 0.05) is 39.7 Å². The Morgan fingerprint density at radius 1 is 1.15 bits per heavy atom. The lowest BCUT2D eigenvalue weighted by Crippen LogP contribution is -2.24. The van der Waals surface area contributed by atoms with Crippen LogP contribution in [0.5, 0.6) is 5.75 Å². The van der Waals surface area contributed by atoms with E-state index in [9.17, 15) is 13.2 Å². The second-order valence-corrected chi connectivity index (χ2v) is 7.64. The van der Waals surface area contributed by atoms with E-state index >= 15 is 0 Å². The third-order valence-electron chi connectivity index (χ3n) is 4.88. The summed E-state index contributed by atoms with van der Waals surface area (Å²) >= 11 is 3.43. The third-order valence-corrected chi connectivity index (χ3v) is 5.41. The number of aromatic nitrogens is 1. The van der Waals surface area contributed by atoms with Crippen molar-refractivity contribution < 1.29 is 17.9 Å². The number of aryl methyl sites for hydroxylation is 1. The molecule has 142 valence electrons. The number of hydrogen-bond donors (Lipinski definition) is 2. The SMILES string of the molecule is FC(F)(F)Oc1ccc2c3c([nH]c2c1)[C@@H](NCc1ccc(Br)cc1)CCC3. The fourth-order valence-electron chi connectivity index (χ4n) is 3.69.